The zero-order valence-electron chi connectivity index (χ0n) is 22.0. The first-order valence-corrected chi connectivity index (χ1v) is 13.3. The smallest absolute Gasteiger partial charge is 0.416 e. The second-order valence-electron chi connectivity index (χ2n) is 10.1. The summed E-state index contributed by atoms with van der Waals surface area (Å²) in [6.07, 6.45) is -5.71. The van der Waals surface area contributed by atoms with E-state index in [1.807, 2.05) is 0 Å². The molecule has 9 nitrogen and oxygen atoms in total. The van der Waals surface area contributed by atoms with Crippen molar-refractivity contribution in [3.05, 3.63) is 52.0 Å². The molecule has 1 aliphatic heterocycles. The van der Waals surface area contributed by atoms with Crippen LogP contribution in [0.5, 0.6) is 5.75 Å². The molecule has 2 aromatic carbocycles. The van der Waals surface area contributed by atoms with Gasteiger partial charge in [-0.1, -0.05) is 22.9 Å². The molecule has 1 saturated heterocycles. The summed E-state index contributed by atoms with van der Waals surface area (Å²) < 4.78 is 50.4. The number of thiazole rings is 1. The van der Waals surface area contributed by atoms with Crippen LogP contribution < -0.4 is 10.1 Å². The molecule has 0 unspecified atom stereocenters. The number of fused-ring (bicyclic) bond motifs is 1. The van der Waals surface area contributed by atoms with Crippen molar-refractivity contribution >= 4 is 56.4 Å². The van der Waals surface area contributed by atoms with Crippen molar-refractivity contribution in [2.75, 3.05) is 31.5 Å². The van der Waals surface area contributed by atoms with Gasteiger partial charge in [0.05, 0.1) is 21.3 Å². The number of ether oxygens (including phenoxy) is 2. The summed E-state index contributed by atoms with van der Waals surface area (Å²) in [6.45, 7) is 7.77. The monoisotopic (exact) mass is 598 g/mol. The van der Waals surface area contributed by atoms with Crippen LogP contribution in [-0.2, 0) is 10.9 Å². The molecule has 1 aromatic heterocycles. The van der Waals surface area contributed by atoms with Crippen molar-refractivity contribution in [1.82, 2.24) is 14.8 Å². The second kappa shape index (κ2) is 11.1. The number of aromatic nitrogens is 1. The lowest BCUT2D eigenvalue weighted by molar-refractivity contribution is -0.137. The number of rotatable bonds is 3. The number of hydrogen-bond donors (Lipinski definition) is 1. The van der Waals surface area contributed by atoms with Crippen LogP contribution in [-0.4, -0.2) is 64.7 Å². The lowest BCUT2D eigenvalue weighted by atomic mass is 10.1. The Kier molecular flexibility index (Phi) is 8.18. The normalized spacial score (nSPS) is 14.3. The molecule has 0 atom stereocenters. The number of amides is 3. The topological polar surface area (TPSA) is 101 Å². The van der Waals surface area contributed by atoms with Crippen LogP contribution >= 0.6 is 22.9 Å². The first kappa shape index (κ1) is 29.4. The van der Waals surface area contributed by atoms with Crippen LogP contribution in [0.2, 0.25) is 5.02 Å². The van der Waals surface area contributed by atoms with Gasteiger partial charge in [-0.25, -0.2) is 14.6 Å². The lowest BCUT2D eigenvalue weighted by Crippen LogP contribution is -2.52. The minimum Gasteiger partial charge on any atom is -0.444 e. The standard InChI is InChI=1S/C26H26ClF3N4O5S/c1-14-11-16(27)13-17(21(35)32-22-31-18-6-5-15(26(28,29)30)12-19(18)40-22)20(14)38-23(36)33-7-9-34(10-8-33)24(37)39-25(2,3)4/h5-6,11-13H,7-10H2,1-4H3,(H,31,32,35). The van der Waals surface area contributed by atoms with E-state index in [4.69, 9.17) is 21.1 Å². The van der Waals surface area contributed by atoms with E-state index in [0.717, 1.165) is 23.5 Å². The van der Waals surface area contributed by atoms with Crippen molar-refractivity contribution in [3.63, 3.8) is 0 Å². The van der Waals surface area contributed by atoms with Crippen molar-refractivity contribution in [2.24, 2.45) is 0 Å². The number of nitrogens with one attached hydrogen (secondary N) is 1. The van der Waals surface area contributed by atoms with Crippen LogP contribution in [0.1, 0.15) is 42.3 Å². The molecule has 40 heavy (non-hydrogen) atoms. The highest BCUT2D eigenvalue weighted by atomic mass is 35.5. The molecule has 0 radical (unpaired) electrons. The Morgan fingerprint density at radius 3 is 2.23 bits per heavy atom. The molecule has 1 N–H and O–H groups in total. The highest BCUT2D eigenvalue weighted by Crippen LogP contribution is 2.35. The van der Waals surface area contributed by atoms with Crippen LogP contribution in [0, 0.1) is 6.92 Å². The van der Waals surface area contributed by atoms with Gasteiger partial charge in [-0.15, -0.1) is 0 Å². The number of anilines is 1. The summed E-state index contributed by atoms with van der Waals surface area (Å²) in [5.74, 6) is -0.736. The minimum absolute atomic E-state index is 0.0260. The molecule has 3 amide bonds. The van der Waals surface area contributed by atoms with Crippen LogP contribution in [0.25, 0.3) is 10.2 Å². The quantitative estimate of drug-likeness (QED) is 0.365. The number of alkyl halides is 3. The SMILES string of the molecule is Cc1cc(Cl)cc(C(=O)Nc2nc3ccc(C(F)(F)F)cc3s2)c1OC(=O)N1CCN(C(=O)OC(C)(C)C)CC1. The van der Waals surface area contributed by atoms with Gasteiger partial charge in [-0.05, 0) is 63.6 Å². The van der Waals surface area contributed by atoms with Crippen molar-refractivity contribution in [1.29, 1.82) is 0 Å². The van der Waals surface area contributed by atoms with Gasteiger partial charge in [0.1, 0.15) is 11.4 Å². The number of benzene rings is 2. The second-order valence-corrected chi connectivity index (χ2v) is 11.5. The molecule has 0 bridgehead atoms. The number of hydrogen-bond acceptors (Lipinski definition) is 7. The molecule has 0 spiro atoms. The molecule has 0 saturated carbocycles. The van der Waals surface area contributed by atoms with E-state index in [9.17, 15) is 27.6 Å². The average molecular weight is 599 g/mol. The largest absolute Gasteiger partial charge is 0.444 e. The maximum absolute atomic E-state index is 13.2. The van der Waals surface area contributed by atoms with Gasteiger partial charge in [-0.3, -0.25) is 10.1 Å². The van der Waals surface area contributed by atoms with E-state index < -0.39 is 35.4 Å². The number of aryl methyl sites for hydroxylation is 1. The maximum Gasteiger partial charge on any atom is 0.416 e. The fourth-order valence-corrected chi connectivity index (χ4v) is 5.08. The first-order chi connectivity index (χ1) is 18.6. The Hall–Kier alpha value is -3.58. The molecule has 4 rings (SSSR count). The van der Waals surface area contributed by atoms with Crippen molar-refractivity contribution < 1.29 is 37.0 Å². The number of carbonyl (C=O) groups excluding carboxylic acids is 3. The van der Waals surface area contributed by atoms with Crippen LogP contribution in [0.15, 0.2) is 30.3 Å². The Morgan fingerprint density at radius 2 is 1.62 bits per heavy atom. The highest BCUT2D eigenvalue weighted by Gasteiger charge is 2.32. The summed E-state index contributed by atoms with van der Waals surface area (Å²) in [4.78, 5) is 45.5. The average Bonchev–Trinajstić information content (AvgIpc) is 3.25. The molecule has 14 heteroatoms. The Bertz CT molecular complexity index is 1460. The third kappa shape index (κ3) is 6.94. The van der Waals surface area contributed by atoms with Crippen LogP contribution in [0.3, 0.4) is 0 Å². The summed E-state index contributed by atoms with van der Waals surface area (Å²) in [6, 6.07) is 5.95. The predicted octanol–water partition coefficient (Wildman–Crippen LogP) is 6.58. The van der Waals surface area contributed by atoms with Gasteiger partial charge in [-0.2, -0.15) is 13.2 Å². The maximum atomic E-state index is 13.2. The number of nitrogens with zero attached hydrogens (tertiary/aromatic N) is 3. The molecule has 1 fully saturated rings. The van der Waals surface area contributed by atoms with E-state index in [0.29, 0.717) is 5.56 Å². The Morgan fingerprint density at radius 1 is 1.00 bits per heavy atom. The van der Waals surface area contributed by atoms with Crippen molar-refractivity contribution in [3.8, 4) is 5.75 Å². The van der Waals surface area contributed by atoms with E-state index in [1.54, 1.807) is 27.7 Å². The van der Waals surface area contributed by atoms with Gasteiger partial charge in [0.25, 0.3) is 5.91 Å². The minimum atomic E-state index is -4.51. The van der Waals surface area contributed by atoms with Crippen molar-refractivity contribution in [2.45, 2.75) is 39.5 Å². The van der Waals surface area contributed by atoms with Gasteiger partial charge >= 0.3 is 18.4 Å². The Labute approximate surface area is 236 Å². The molecular formula is C26H26ClF3N4O5S. The van der Waals surface area contributed by atoms with E-state index >= 15 is 0 Å². The van der Waals surface area contributed by atoms with E-state index in [2.05, 4.69) is 10.3 Å². The summed E-state index contributed by atoms with van der Waals surface area (Å²) >= 11 is 7.04. The number of piperazine rings is 1. The third-order valence-corrected chi connectivity index (χ3v) is 6.95. The molecule has 3 aromatic rings. The number of carbonyl (C=O) groups is 3. The molecule has 2 heterocycles. The Balaban J connectivity index is 1.47. The van der Waals surface area contributed by atoms with E-state index in [-0.39, 0.29) is 57.9 Å². The zero-order chi connectivity index (χ0) is 29.4. The molecular weight excluding hydrogens is 573 g/mol. The number of halogens is 4. The van der Waals surface area contributed by atoms with Gasteiger partial charge in [0, 0.05) is 31.2 Å². The highest BCUT2D eigenvalue weighted by molar-refractivity contribution is 7.22. The zero-order valence-corrected chi connectivity index (χ0v) is 23.6. The lowest BCUT2D eigenvalue weighted by Gasteiger charge is -2.35. The summed E-state index contributed by atoms with van der Waals surface area (Å²) in [5.41, 5.74) is -0.826. The van der Waals surface area contributed by atoms with Crippen LogP contribution in [0.4, 0.5) is 27.9 Å². The predicted molar refractivity (Wildman–Crippen MR) is 144 cm³/mol. The third-order valence-electron chi connectivity index (χ3n) is 5.80. The fourth-order valence-electron chi connectivity index (χ4n) is 3.90. The molecule has 214 valence electrons. The first-order valence-electron chi connectivity index (χ1n) is 12.1. The van der Waals surface area contributed by atoms with Gasteiger partial charge in [0.15, 0.2) is 5.13 Å². The fraction of sp³-hybridized carbons (Fsp3) is 0.385. The summed E-state index contributed by atoms with van der Waals surface area (Å²) in [7, 11) is 0. The van der Waals surface area contributed by atoms with Gasteiger partial charge < -0.3 is 19.3 Å². The van der Waals surface area contributed by atoms with Gasteiger partial charge in [0.2, 0.25) is 0 Å². The summed E-state index contributed by atoms with van der Waals surface area (Å²) in [5, 5.41) is 2.83. The molecule has 0 aliphatic carbocycles. The van der Waals surface area contributed by atoms with E-state index in [1.165, 1.54) is 28.0 Å². The molecule has 1 aliphatic rings.